The Morgan fingerprint density at radius 1 is 1.33 bits per heavy atom. The first-order valence-electron chi connectivity index (χ1n) is 5.35. The summed E-state index contributed by atoms with van der Waals surface area (Å²) in [5.41, 5.74) is 2.47. The molecule has 0 amide bonds. The third-order valence-corrected chi connectivity index (χ3v) is 3.87. The van der Waals surface area contributed by atoms with Gasteiger partial charge in [0.05, 0.1) is 0 Å². The molecule has 0 spiro atoms. The van der Waals surface area contributed by atoms with Crippen LogP contribution in [0.2, 0.25) is 0 Å². The van der Waals surface area contributed by atoms with Gasteiger partial charge in [0.2, 0.25) is 5.95 Å². The van der Waals surface area contributed by atoms with E-state index in [0.717, 1.165) is 10.3 Å². The maximum Gasteiger partial charge on any atom is 0.238 e. The number of aromatic nitrogens is 2. The number of rotatable bonds is 3. The summed E-state index contributed by atoms with van der Waals surface area (Å²) in [5.74, 6) is 5.76. The molecule has 15 heavy (non-hydrogen) atoms. The molecule has 0 atom stereocenters. The van der Waals surface area contributed by atoms with E-state index < -0.39 is 0 Å². The average Bonchev–Trinajstić information content (AvgIpc) is 2.31. The molecular weight excluding hydrogens is 208 g/mol. The minimum Gasteiger partial charge on any atom is -0.292 e. The minimum absolute atomic E-state index is 0.496. The molecule has 1 aliphatic rings. The van der Waals surface area contributed by atoms with Gasteiger partial charge in [-0.3, -0.25) is 5.43 Å². The van der Waals surface area contributed by atoms with Gasteiger partial charge in [0.15, 0.2) is 0 Å². The van der Waals surface area contributed by atoms with E-state index in [0.29, 0.717) is 5.95 Å². The highest BCUT2D eigenvalue weighted by molar-refractivity contribution is 7.99. The number of thioether (sulfide) groups is 1. The van der Waals surface area contributed by atoms with E-state index in [1.807, 2.05) is 17.8 Å². The second-order valence-electron chi connectivity index (χ2n) is 3.74. The highest BCUT2D eigenvalue weighted by Crippen LogP contribution is 2.32. The van der Waals surface area contributed by atoms with Crippen LogP contribution in [0.1, 0.15) is 32.1 Å². The molecule has 1 aromatic heterocycles. The molecule has 0 saturated heterocycles. The van der Waals surface area contributed by atoms with Gasteiger partial charge >= 0.3 is 0 Å². The third kappa shape index (κ3) is 3.07. The van der Waals surface area contributed by atoms with E-state index in [9.17, 15) is 0 Å². The Morgan fingerprint density at radius 2 is 2.13 bits per heavy atom. The topological polar surface area (TPSA) is 63.8 Å². The Hall–Kier alpha value is -0.810. The van der Waals surface area contributed by atoms with Crippen molar-refractivity contribution in [1.29, 1.82) is 0 Å². The van der Waals surface area contributed by atoms with E-state index in [4.69, 9.17) is 5.84 Å². The molecule has 4 nitrogen and oxygen atoms in total. The molecule has 1 saturated carbocycles. The van der Waals surface area contributed by atoms with Crippen molar-refractivity contribution in [3.8, 4) is 0 Å². The lowest BCUT2D eigenvalue weighted by molar-refractivity contribution is 0.515. The van der Waals surface area contributed by atoms with Crippen molar-refractivity contribution >= 4 is 17.7 Å². The summed E-state index contributed by atoms with van der Waals surface area (Å²) < 4.78 is 0. The van der Waals surface area contributed by atoms with Gasteiger partial charge in [-0.05, 0) is 18.9 Å². The fraction of sp³-hybridized carbons (Fsp3) is 0.600. The lowest BCUT2D eigenvalue weighted by atomic mass is 10.0. The summed E-state index contributed by atoms with van der Waals surface area (Å²) in [6, 6.07) is 1.94. The van der Waals surface area contributed by atoms with Crippen LogP contribution in [0.5, 0.6) is 0 Å². The fourth-order valence-corrected chi connectivity index (χ4v) is 3.02. The van der Waals surface area contributed by atoms with Crippen LogP contribution in [0.3, 0.4) is 0 Å². The van der Waals surface area contributed by atoms with Crippen molar-refractivity contribution in [1.82, 2.24) is 9.97 Å². The number of hydrogen-bond acceptors (Lipinski definition) is 5. The van der Waals surface area contributed by atoms with Crippen LogP contribution in [-0.4, -0.2) is 15.2 Å². The molecule has 1 fully saturated rings. The first kappa shape index (κ1) is 10.7. The molecule has 5 heteroatoms. The lowest BCUT2D eigenvalue weighted by Gasteiger charge is -2.20. The minimum atomic E-state index is 0.496. The number of nitrogens with two attached hydrogens (primary N) is 1. The van der Waals surface area contributed by atoms with Crippen molar-refractivity contribution in [2.45, 2.75) is 42.4 Å². The zero-order valence-electron chi connectivity index (χ0n) is 8.65. The molecule has 82 valence electrons. The molecule has 0 unspecified atom stereocenters. The quantitative estimate of drug-likeness (QED) is 0.468. The normalized spacial score (nSPS) is 17.7. The zero-order chi connectivity index (χ0) is 10.5. The smallest absolute Gasteiger partial charge is 0.238 e. The van der Waals surface area contributed by atoms with Crippen LogP contribution in [-0.2, 0) is 0 Å². The van der Waals surface area contributed by atoms with Crippen molar-refractivity contribution in [3.05, 3.63) is 12.3 Å². The summed E-state index contributed by atoms with van der Waals surface area (Å²) in [7, 11) is 0. The van der Waals surface area contributed by atoms with E-state index in [2.05, 4.69) is 15.4 Å². The number of hydrazine groups is 1. The Balaban J connectivity index is 1.96. The molecule has 0 aromatic carbocycles. The molecule has 1 heterocycles. The third-order valence-electron chi connectivity index (χ3n) is 2.60. The van der Waals surface area contributed by atoms with Crippen molar-refractivity contribution in [3.63, 3.8) is 0 Å². The maximum atomic E-state index is 5.27. The van der Waals surface area contributed by atoms with Crippen molar-refractivity contribution in [2.75, 3.05) is 5.43 Å². The van der Waals surface area contributed by atoms with Crippen LogP contribution in [0, 0.1) is 0 Å². The molecule has 0 bridgehead atoms. The van der Waals surface area contributed by atoms with Gasteiger partial charge in [-0.1, -0.05) is 19.3 Å². The molecule has 1 aliphatic carbocycles. The fourth-order valence-electron chi connectivity index (χ4n) is 1.83. The average molecular weight is 224 g/mol. The summed E-state index contributed by atoms with van der Waals surface area (Å²) in [6.07, 6.45) is 8.44. The Kier molecular flexibility index (Phi) is 3.80. The standard InChI is InChI=1S/C10H16N4S/c11-14-10-12-7-6-9(13-10)15-8-4-2-1-3-5-8/h6-8H,1-5,11H2,(H,12,13,14). The lowest BCUT2D eigenvalue weighted by Crippen LogP contribution is -2.11. The summed E-state index contributed by atoms with van der Waals surface area (Å²) in [4.78, 5) is 8.29. The Bertz CT molecular complexity index is 312. The van der Waals surface area contributed by atoms with E-state index in [1.54, 1.807) is 6.20 Å². The number of nitrogens with zero attached hydrogens (tertiary/aromatic N) is 2. The summed E-state index contributed by atoms with van der Waals surface area (Å²) in [6.45, 7) is 0. The molecular formula is C10H16N4S. The summed E-state index contributed by atoms with van der Waals surface area (Å²) >= 11 is 1.85. The number of nitrogens with one attached hydrogen (secondary N) is 1. The molecule has 2 rings (SSSR count). The number of nitrogen functional groups attached to an aromatic ring is 1. The van der Waals surface area contributed by atoms with Crippen LogP contribution in [0.25, 0.3) is 0 Å². The van der Waals surface area contributed by atoms with E-state index >= 15 is 0 Å². The second-order valence-corrected chi connectivity index (χ2v) is 5.06. The highest BCUT2D eigenvalue weighted by Gasteiger charge is 2.15. The second kappa shape index (κ2) is 5.32. The van der Waals surface area contributed by atoms with Gasteiger partial charge in [-0.25, -0.2) is 15.8 Å². The first-order chi connectivity index (χ1) is 7.38. The predicted molar refractivity (Wildman–Crippen MR) is 62.6 cm³/mol. The molecule has 0 aliphatic heterocycles. The summed E-state index contributed by atoms with van der Waals surface area (Å²) in [5, 5.41) is 1.74. The van der Waals surface area contributed by atoms with Gasteiger partial charge in [-0.2, -0.15) is 0 Å². The van der Waals surface area contributed by atoms with Gasteiger partial charge in [0.25, 0.3) is 0 Å². The van der Waals surface area contributed by atoms with Gasteiger partial charge in [0, 0.05) is 11.4 Å². The van der Waals surface area contributed by atoms with Crippen LogP contribution >= 0.6 is 11.8 Å². The largest absolute Gasteiger partial charge is 0.292 e. The van der Waals surface area contributed by atoms with Crippen LogP contribution in [0.4, 0.5) is 5.95 Å². The molecule has 0 radical (unpaired) electrons. The Morgan fingerprint density at radius 3 is 2.87 bits per heavy atom. The van der Waals surface area contributed by atoms with Crippen molar-refractivity contribution < 1.29 is 0 Å². The van der Waals surface area contributed by atoms with Gasteiger partial charge in [-0.15, -0.1) is 11.8 Å². The van der Waals surface area contributed by atoms with Gasteiger partial charge in [0.1, 0.15) is 5.03 Å². The maximum absolute atomic E-state index is 5.27. The van der Waals surface area contributed by atoms with Gasteiger partial charge < -0.3 is 0 Å². The SMILES string of the molecule is NNc1nccc(SC2CCCCC2)n1. The van der Waals surface area contributed by atoms with Crippen molar-refractivity contribution in [2.24, 2.45) is 5.84 Å². The highest BCUT2D eigenvalue weighted by atomic mass is 32.2. The number of hydrogen-bond donors (Lipinski definition) is 2. The number of anilines is 1. The first-order valence-corrected chi connectivity index (χ1v) is 6.23. The van der Waals surface area contributed by atoms with Crippen LogP contribution in [0.15, 0.2) is 17.3 Å². The molecule has 3 N–H and O–H groups in total. The van der Waals surface area contributed by atoms with Crippen LogP contribution < -0.4 is 11.3 Å². The monoisotopic (exact) mass is 224 g/mol. The zero-order valence-corrected chi connectivity index (χ0v) is 9.46. The van der Waals surface area contributed by atoms with E-state index in [1.165, 1.54) is 32.1 Å². The molecule has 1 aromatic rings. The van der Waals surface area contributed by atoms with E-state index in [-0.39, 0.29) is 0 Å². The Labute approximate surface area is 94.0 Å². The predicted octanol–water partition coefficient (Wildman–Crippen LogP) is 2.19.